The predicted octanol–water partition coefficient (Wildman–Crippen LogP) is 2.31. The number of esters is 1. The van der Waals surface area contributed by atoms with E-state index in [0.717, 1.165) is 10.9 Å². The molecule has 0 aliphatic carbocycles. The number of primary sulfonamides is 1. The molecule has 8 nitrogen and oxygen atoms in total. The van der Waals surface area contributed by atoms with E-state index >= 15 is 0 Å². The minimum atomic E-state index is -3.82. The van der Waals surface area contributed by atoms with Crippen LogP contribution in [0, 0.1) is 5.92 Å². The first kappa shape index (κ1) is 22.1. The summed E-state index contributed by atoms with van der Waals surface area (Å²) in [5, 5.41) is 6.82. The van der Waals surface area contributed by atoms with Crippen LogP contribution in [-0.4, -0.2) is 38.4 Å². The SMILES string of the molecule is COC(=O)C1C(=O)C[C@H](Cc2ccc3ccc(S(N)(=O)=O)cc3c2)O[C@H]1c1cccnc1. The number of aromatic nitrogens is 1. The van der Waals surface area contributed by atoms with E-state index in [1.54, 1.807) is 30.6 Å². The molecule has 1 aliphatic rings. The Kier molecular flexibility index (Phi) is 6.05. The normalized spacial score (nSPS) is 21.4. The lowest BCUT2D eigenvalue weighted by atomic mass is 9.85. The van der Waals surface area contributed by atoms with Crippen molar-refractivity contribution in [1.82, 2.24) is 4.98 Å². The molecule has 1 aromatic heterocycles. The van der Waals surface area contributed by atoms with Gasteiger partial charge in [0.25, 0.3) is 0 Å². The average Bonchev–Trinajstić information content (AvgIpc) is 2.77. The number of carbonyl (C=O) groups excluding carboxylic acids is 2. The number of fused-ring (bicyclic) bond motifs is 1. The fourth-order valence-corrected chi connectivity index (χ4v) is 4.56. The lowest BCUT2D eigenvalue weighted by molar-refractivity contribution is -0.167. The van der Waals surface area contributed by atoms with Crippen LogP contribution < -0.4 is 5.14 Å². The van der Waals surface area contributed by atoms with Gasteiger partial charge in [0.15, 0.2) is 5.78 Å². The summed E-state index contributed by atoms with van der Waals surface area (Å²) in [5.41, 5.74) is 1.49. The van der Waals surface area contributed by atoms with Gasteiger partial charge >= 0.3 is 5.97 Å². The zero-order valence-corrected chi connectivity index (χ0v) is 18.1. The number of ether oxygens (including phenoxy) is 2. The number of nitrogens with two attached hydrogens (primary N) is 1. The zero-order chi connectivity index (χ0) is 22.9. The third-order valence-electron chi connectivity index (χ3n) is 5.55. The molecule has 1 aliphatic heterocycles. The van der Waals surface area contributed by atoms with Gasteiger partial charge in [0.1, 0.15) is 12.0 Å². The molecule has 166 valence electrons. The molecule has 0 saturated carbocycles. The van der Waals surface area contributed by atoms with Crippen LogP contribution in [0.25, 0.3) is 10.8 Å². The fraction of sp³-hybridized carbons (Fsp3) is 0.261. The Hall–Kier alpha value is -3.14. The van der Waals surface area contributed by atoms with Crippen molar-refractivity contribution in [3.8, 4) is 0 Å². The van der Waals surface area contributed by atoms with Gasteiger partial charge in [-0.1, -0.05) is 30.3 Å². The lowest BCUT2D eigenvalue weighted by Crippen LogP contribution is -2.42. The molecule has 1 unspecified atom stereocenters. The van der Waals surface area contributed by atoms with E-state index in [0.29, 0.717) is 17.4 Å². The van der Waals surface area contributed by atoms with Gasteiger partial charge in [0, 0.05) is 24.4 Å². The zero-order valence-electron chi connectivity index (χ0n) is 17.3. The molecule has 2 aromatic carbocycles. The maximum absolute atomic E-state index is 12.9. The van der Waals surface area contributed by atoms with E-state index in [2.05, 4.69) is 4.98 Å². The number of carbonyl (C=O) groups is 2. The number of methoxy groups -OCH3 is 1. The van der Waals surface area contributed by atoms with E-state index in [1.165, 1.54) is 19.2 Å². The van der Waals surface area contributed by atoms with Crippen molar-refractivity contribution in [2.24, 2.45) is 11.1 Å². The molecule has 32 heavy (non-hydrogen) atoms. The molecule has 1 saturated heterocycles. The van der Waals surface area contributed by atoms with Crippen LogP contribution in [0.4, 0.5) is 0 Å². The summed E-state index contributed by atoms with van der Waals surface area (Å²) in [6, 6.07) is 13.8. The monoisotopic (exact) mass is 454 g/mol. The Bertz CT molecular complexity index is 1280. The second-order valence-corrected chi connectivity index (χ2v) is 9.29. The fourth-order valence-electron chi connectivity index (χ4n) is 4.01. The van der Waals surface area contributed by atoms with Crippen LogP contribution in [0.3, 0.4) is 0 Å². The smallest absolute Gasteiger partial charge is 0.319 e. The molecular formula is C23H22N2O6S. The third-order valence-corrected chi connectivity index (χ3v) is 6.46. The molecule has 0 radical (unpaired) electrons. The third kappa shape index (κ3) is 4.55. The average molecular weight is 455 g/mol. The molecule has 0 bridgehead atoms. The number of pyridine rings is 1. The Morgan fingerprint density at radius 1 is 1.19 bits per heavy atom. The molecule has 1 fully saturated rings. The number of ketones is 1. The first-order valence-corrected chi connectivity index (χ1v) is 11.5. The topological polar surface area (TPSA) is 126 Å². The summed E-state index contributed by atoms with van der Waals surface area (Å²) in [6.45, 7) is 0. The van der Waals surface area contributed by atoms with Crippen molar-refractivity contribution in [3.05, 3.63) is 72.1 Å². The van der Waals surface area contributed by atoms with Gasteiger partial charge < -0.3 is 9.47 Å². The number of rotatable bonds is 5. The Labute approximate surface area is 185 Å². The van der Waals surface area contributed by atoms with Gasteiger partial charge in [-0.3, -0.25) is 14.6 Å². The number of hydrogen-bond donors (Lipinski definition) is 1. The summed E-state index contributed by atoms with van der Waals surface area (Å²) in [4.78, 5) is 29.3. The van der Waals surface area contributed by atoms with Gasteiger partial charge in [-0.2, -0.15) is 0 Å². The number of benzene rings is 2. The van der Waals surface area contributed by atoms with Crippen molar-refractivity contribution < 1.29 is 27.5 Å². The number of hydrogen-bond acceptors (Lipinski definition) is 7. The summed E-state index contributed by atoms with van der Waals surface area (Å²) < 4.78 is 34.4. The van der Waals surface area contributed by atoms with Crippen molar-refractivity contribution in [2.45, 2.75) is 29.9 Å². The highest BCUT2D eigenvalue weighted by molar-refractivity contribution is 7.89. The van der Waals surface area contributed by atoms with Crippen LogP contribution in [0.1, 0.15) is 23.7 Å². The van der Waals surface area contributed by atoms with E-state index in [1.807, 2.05) is 18.2 Å². The molecule has 2 N–H and O–H groups in total. The highest BCUT2D eigenvalue weighted by Crippen LogP contribution is 2.36. The van der Waals surface area contributed by atoms with Crippen LogP contribution in [0.15, 0.2) is 65.8 Å². The number of Topliss-reactive ketones (excluding diaryl/α,β-unsaturated/α-hetero) is 1. The predicted molar refractivity (Wildman–Crippen MR) is 116 cm³/mol. The second-order valence-electron chi connectivity index (χ2n) is 7.73. The number of sulfonamides is 1. The van der Waals surface area contributed by atoms with E-state index in [4.69, 9.17) is 14.6 Å². The van der Waals surface area contributed by atoms with Crippen LogP contribution in [-0.2, 0) is 35.5 Å². The summed E-state index contributed by atoms with van der Waals surface area (Å²) in [7, 11) is -2.57. The molecule has 3 aromatic rings. The minimum absolute atomic E-state index is 0.0313. The first-order valence-electron chi connectivity index (χ1n) is 9.97. The quantitative estimate of drug-likeness (QED) is 0.463. The molecular weight excluding hydrogens is 432 g/mol. The summed E-state index contributed by atoms with van der Waals surface area (Å²) >= 11 is 0. The molecule has 9 heteroatoms. The van der Waals surface area contributed by atoms with Crippen LogP contribution >= 0.6 is 0 Å². The summed E-state index contributed by atoms with van der Waals surface area (Å²) in [6.07, 6.45) is 2.38. The molecule has 0 spiro atoms. The van der Waals surface area contributed by atoms with Gasteiger partial charge in [0.05, 0.1) is 18.1 Å². The van der Waals surface area contributed by atoms with E-state index in [-0.39, 0.29) is 17.1 Å². The maximum Gasteiger partial charge on any atom is 0.319 e. The standard InChI is InChI=1S/C23H22N2O6S/c1-30-23(27)21-20(26)12-18(31-22(21)16-3-2-8-25-13-16)10-14-4-5-15-6-7-19(32(24,28)29)11-17(15)9-14/h2-9,11,13,18,21-22H,10,12H2,1H3,(H2,24,28,29)/t18-,21?,22-/m0/s1. The highest BCUT2D eigenvalue weighted by Gasteiger charge is 2.43. The van der Waals surface area contributed by atoms with Gasteiger partial charge in [0.2, 0.25) is 10.0 Å². The highest BCUT2D eigenvalue weighted by atomic mass is 32.2. The molecule has 4 rings (SSSR count). The van der Waals surface area contributed by atoms with Crippen LogP contribution in [0.2, 0.25) is 0 Å². The summed E-state index contributed by atoms with van der Waals surface area (Å²) in [5.74, 6) is -1.93. The largest absolute Gasteiger partial charge is 0.468 e. The van der Waals surface area contributed by atoms with Gasteiger partial charge in [-0.25, -0.2) is 13.6 Å². The molecule has 2 heterocycles. The van der Waals surface area contributed by atoms with E-state index < -0.39 is 34.1 Å². The molecule has 0 amide bonds. The lowest BCUT2D eigenvalue weighted by Gasteiger charge is -2.34. The van der Waals surface area contributed by atoms with Crippen molar-refractivity contribution in [1.29, 1.82) is 0 Å². The molecule has 3 atom stereocenters. The Morgan fingerprint density at radius 3 is 2.66 bits per heavy atom. The van der Waals surface area contributed by atoms with Gasteiger partial charge in [-0.15, -0.1) is 0 Å². The van der Waals surface area contributed by atoms with Crippen molar-refractivity contribution in [2.75, 3.05) is 7.11 Å². The Morgan fingerprint density at radius 2 is 1.97 bits per heavy atom. The minimum Gasteiger partial charge on any atom is -0.468 e. The first-order chi connectivity index (χ1) is 15.3. The van der Waals surface area contributed by atoms with E-state index in [9.17, 15) is 18.0 Å². The Balaban J connectivity index is 1.62. The van der Waals surface area contributed by atoms with Crippen molar-refractivity contribution >= 4 is 32.5 Å². The maximum atomic E-state index is 12.9. The van der Waals surface area contributed by atoms with Crippen molar-refractivity contribution in [3.63, 3.8) is 0 Å². The van der Waals surface area contributed by atoms with Gasteiger partial charge in [-0.05, 0) is 41.0 Å². The number of nitrogens with zero attached hydrogens (tertiary/aromatic N) is 1. The van der Waals surface area contributed by atoms with Crippen LogP contribution in [0.5, 0.6) is 0 Å². The second kappa shape index (κ2) is 8.78.